The Morgan fingerprint density at radius 3 is 1.46 bits per heavy atom. The number of nitrogens with zero attached hydrogens (tertiary/aromatic N) is 2. The van der Waals surface area contributed by atoms with Gasteiger partial charge in [0.25, 0.3) is 0 Å². The Labute approximate surface area is 168 Å². The smallest absolute Gasteiger partial charge is 0.0697 e. The molecule has 0 fully saturated rings. The molecule has 0 bridgehead atoms. The van der Waals surface area contributed by atoms with Gasteiger partial charge in [-0.05, 0) is 35.7 Å². The van der Waals surface area contributed by atoms with Crippen LogP contribution in [0, 0.1) is 0 Å². The van der Waals surface area contributed by atoms with E-state index >= 15 is 0 Å². The Kier molecular flexibility index (Phi) is 9.55. The summed E-state index contributed by atoms with van der Waals surface area (Å²) in [5.74, 6) is 0. The molecule has 0 radical (unpaired) electrons. The largest absolute Gasteiger partial charge is 0.373 e. The van der Waals surface area contributed by atoms with E-state index in [1.165, 1.54) is 72.5 Å². The van der Waals surface area contributed by atoms with Crippen molar-refractivity contribution >= 4 is 34.0 Å². The zero-order chi connectivity index (χ0) is 18.8. The predicted octanol–water partition coefficient (Wildman–Crippen LogP) is 7.51. The van der Waals surface area contributed by atoms with Gasteiger partial charge in [0.1, 0.15) is 0 Å². The van der Waals surface area contributed by atoms with Crippen molar-refractivity contribution in [3.8, 4) is 9.75 Å². The van der Waals surface area contributed by atoms with Crippen LogP contribution < -0.4 is 9.80 Å². The number of unbranched alkanes of at least 4 members (excludes halogenated alkanes) is 6. The SMILES string of the molecule is CCCCCCN(C)c1ccsc1-c1sccc1N(C)CCCCCC. The van der Waals surface area contributed by atoms with Gasteiger partial charge in [0.2, 0.25) is 0 Å². The van der Waals surface area contributed by atoms with Crippen LogP contribution in [0.4, 0.5) is 11.4 Å². The van der Waals surface area contributed by atoms with Crippen molar-refractivity contribution in [1.29, 1.82) is 0 Å². The van der Waals surface area contributed by atoms with Crippen molar-refractivity contribution in [1.82, 2.24) is 0 Å². The zero-order valence-corrected chi connectivity index (χ0v) is 18.7. The Hall–Kier alpha value is -1.00. The van der Waals surface area contributed by atoms with Crippen LogP contribution in [0.25, 0.3) is 9.75 Å². The van der Waals surface area contributed by atoms with E-state index in [9.17, 15) is 0 Å². The molecule has 0 aliphatic heterocycles. The Morgan fingerprint density at radius 1 is 0.654 bits per heavy atom. The summed E-state index contributed by atoms with van der Waals surface area (Å²) in [5, 5.41) is 4.50. The molecule has 4 heteroatoms. The number of rotatable bonds is 13. The van der Waals surface area contributed by atoms with Gasteiger partial charge >= 0.3 is 0 Å². The topological polar surface area (TPSA) is 6.48 Å². The summed E-state index contributed by atoms with van der Waals surface area (Å²) in [7, 11) is 4.50. The molecule has 0 aliphatic carbocycles. The first-order chi connectivity index (χ1) is 12.7. The van der Waals surface area contributed by atoms with Gasteiger partial charge in [0, 0.05) is 27.2 Å². The molecule has 0 amide bonds. The maximum atomic E-state index is 2.45. The van der Waals surface area contributed by atoms with Crippen LogP contribution in [0.1, 0.15) is 65.2 Å². The van der Waals surface area contributed by atoms with E-state index in [-0.39, 0.29) is 0 Å². The fraction of sp³-hybridized carbons (Fsp3) is 0.636. The third kappa shape index (κ3) is 6.02. The molecule has 146 valence electrons. The van der Waals surface area contributed by atoms with Crippen molar-refractivity contribution in [2.45, 2.75) is 65.2 Å². The third-order valence-electron chi connectivity index (χ3n) is 5.01. The van der Waals surface area contributed by atoms with Gasteiger partial charge in [-0.1, -0.05) is 52.4 Å². The summed E-state index contributed by atoms with van der Waals surface area (Å²) in [4.78, 5) is 7.78. The van der Waals surface area contributed by atoms with Gasteiger partial charge in [-0.3, -0.25) is 0 Å². The van der Waals surface area contributed by atoms with Crippen LogP contribution in [-0.2, 0) is 0 Å². The molecule has 0 saturated heterocycles. The Balaban J connectivity index is 2.03. The molecule has 0 atom stereocenters. The lowest BCUT2D eigenvalue weighted by atomic mass is 10.2. The van der Waals surface area contributed by atoms with E-state index in [1.54, 1.807) is 0 Å². The maximum absolute atomic E-state index is 2.45. The molecule has 0 unspecified atom stereocenters. The van der Waals surface area contributed by atoms with Gasteiger partial charge in [0.05, 0.1) is 21.1 Å². The van der Waals surface area contributed by atoms with Gasteiger partial charge in [-0.2, -0.15) is 0 Å². The first kappa shape index (κ1) is 21.3. The molecule has 2 nitrogen and oxygen atoms in total. The number of hydrogen-bond donors (Lipinski definition) is 0. The molecule has 26 heavy (non-hydrogen) atoms. The van der Waals surface area contributed by atoms with Crippen LogP contribution in [0.3, 0.4) is 0 Å². The summed E-state index contributed by atoms with van der Waals surface area (Å²) in [6.45, 7) is 6.85. The maximum Gasteiger partial charge on any atom is 0.0697 e. The molecule has 2 rings (SSSR count). The van der Waals surface area contributed by atoms with Gasteiger partial charge in [-0.25, -0.2) is 0 Å². The molecule has 0 aliphatic rings. The fourth-order valence-electron chi connectivity index (χ4n) is 3.34. The quantitative estimate of drug-likeness (QED) is 0.325. The zero-order valence-electron chi connectivity index (χ0n) is 17.1. The summed E-state index contributed by atoms with van der Waals surface area (Å²) < 4.78 is 0. The molecule has 0 spiro atoms. The predicted molar refractivity (Wildman–Crippen MR) is 122 cm³/mol. The lowest BCUT2D eigenvalue weighted by Crippen LogP contribution is -2.19. The van der Waals surface area contributed by atoms with Crippen molar-refractivity contribution < 1.29 is 0 Å². The lowest BCUT2D eigenvalue weighted by molar-refractivity contribution is 0.661. The first-order valence-corrected chi connectivity index (χ1v) is 12.0. The van der Waals surface area contributed by atoms with E-state index in [0.717, 1.165) is 13.1 Å². The molecule has 0 aromatic carbocycles. The van der Waals surface area contributed by atoms with Crippen LogP contribution >= 0.6 is 22.7 Å². The third-order valence-corrected chi connectivity index (χ3v) is 6.98. The van der Waals surface area contributed by atoms with Gasteiger partial charge < -0.3 is 9.80 Å². The Bertz CT molecular complexity index is 563. The van der Waals surface area contributed by atoms with Crippen LogP contribution in [0.5, 0.6) is 0 Å². The summed E-state index contributed by atoms with van der Waals surface area (Å²) in [6, 6.07) is 4.59. The van der Waals surface area contributed by atoms with Crippen LogP contribution in [-0.4, -0.2) is 27.2 Å². The molecular formula is C22H36N2S2. The van der Waals surface area contributed by atoms with E-state index in [2.05, 4.69) is 60.6 Å². The fourth-order valence-corrected chi connectivity index (χ4v) is 5.41. The van der Waals surface area contributed by atoms with Gasteiger partial charge in [0.15, 0.2) is 0 Å². The monoisotopic (exact) mass is 392 g/mol. The normalized spacial score (nSPS) is 11.1. The lowest BCUT2D eigenvalue weighted by Gasteiger charge is -2.22. The average Bonchev–Trinajstić information content (AvgIpc) is 3.30. The van der Waals surface area contributed by atoms with E-state index < -0.39 is 0 Å². The van der Waals surface area contributed by atoms with Crippen molar-refractivity contribution in [3.05, 3.63) is 22.9 Å². The van der Waals surface area contributed by atoms with Crippen LogP contribution in [0.2, 0.25) is 0 Å². The number of anilines is 2. The second kappa shape index (κ2) is 11.7. The highest BCUT2D eigenvalue weighted by Crippen LogP contribution is 2.44. The minimum Gasteiger partial charge on any atom is -0.373 e. The summed E-state index contributed by atoms with van der Waals surface area (Å²) in [5.41, 5.74) is 2.80. The molecule has 2 heterocycles. The average molecular weight is 393 g/mol. The number of thiophene rings is 2. The molecular weight excluding hydrogens is 356 g/mol. The van der Waals surface area contributed by atoms with Crippen LogP contribution in [0.15, 0.2) is 22.9 Å². The van der Waals surface area contributed by atoms with Crippen molar-refractivity contribution in [2.24, 2.45) is 0 Å². The minimum absolute atomic E-state index is 1.15. The van der Waals surface area contributed by atoms with Crippen molar-refractivity contribution in [3.63, 3.8) is 0 Å². The Morgan fingerprint density at radius 2 is 1.08 bits per heavy atom. The summed E-state index contributed by atoms with van der Waals surface area (Å²) >= 11 is 3.77. The highest BCUT2D eigenvalue weighted by Gasteiger charge is 2.17. The molecule has 2 aromatic rings. The number of hydrogen-bond acceptors (Lipinski definition) is 4. The second-order valence-electron chi connectivity index (χ2n) is 7.23. The molecule has 0 N–H and O–H groups in total. The minimum atomic E-state index is 1.15. The molecule has 2 aromatic heterocycles. The highest BCUT2D eigenvalue weighted by atomic mass is 32.1. The molecule has 0 saturated carbocycles. The van der Waals surface area contributed by atoms with E-state index in [1.807, 2.05) is 22.7 Å². The first-order valence-electron chi connectivity index (χ1n) is 10.3. The standard InChI is InChI=1S/C22H36N2S2/c1-5-7-9-11-15-23(3)19-13-17-25-21(19)22-20(14-18-26-22)24(4)16-12-10-8-6-2/h13-14,17-18H,5-12,15-16H2,1-4H3. The highest BCUT2D eigenvalue weighted by molar-refractivity contribution is 7.21. The van der Waals surface area contributed by atoms with E-state index in [0.29, 0.717) is 0 Å². The van der Waals surface area contributed by atoms with Crippen molar-refractivity contribution in [2.75, 3.05) is 37.0 Å². The summed E-state index contributed by atoms with van der Waals surface area (Å²) in [6.07, 6.45) is 10.6. The second-order valence-corrected chi connectivity index (χ2v) is 9.07. The van der Waals surface area contributed by atoms with Gasteiger partial charge in [-0.15, -0.1) is 22.7 Å². The van der Waals surface area contributed by atoms with E-state index in [4.69, 9.17) is 0 Å².